The molecule has 1 aliphatic rings. The van der Waals surface area contributed by atoms with E-state index in [9.17, 15) is 9.59 Å². The van der Waals surface area contributed by atoms with Crippen LogP contribution in [0, 0.1) is 0 Å². The Balaban J connectivity index is 1.86. The maximum absolute atomic E-state index is 11.9. The lowest BCUT2D eigenvalue weighted by Crippen LogP contribution is -2.57. The lowest BCUT2D eigenvalue weighted by molar-refractivity contribution is -0.139. The average Bonchev–Trinajstić information content (AvgIpc) is 2.34. The van der Waals surface area contributed by atoms with Crippen molar-refractivity contribution in [3.05, 3.63) is 34.3 Å². The molecule has 1 aromatic rings. The highest BCUT2D eigenvalue weighted by Gasteiger charge is 2.40. The Labute approximate surface area is 125 Å². The Morgan fingerprint density at radius 2 is 2.00 bits per heavy atom. The molecule has 0 aromatic heterocycles. The molecule has 0 spiro atoms. The van der Waals surface area contributed by atoms with Gasteiger partial charge in [-0.05, 0) is 30.9 Å². The third-order valence-corrected chi connectivity index (χ3v) is 4.35. The average molecular weight is 341 g/mol. The van der Waals surface area contributed by atoms with Crippen molar-refractivity contribution in [2.24, 2.45) is 0 Å². The second-order valence-electron chi connectivity index (χ2n) is 5.10. The van der Waals surface area contributed by atoms with Gasteiger partial charge in [0.1, 0.15) is 0 Å². The molecule has 20 heavy (non-hydrogen) atoms. The van der Waals surface area contributed by atoms with Gasteiger partial charge in [0.15, 0.2) is 0 Å². The fourth-order valence-electron chi connectivity index (χ4n) is 2.34. The van der Waals surface area contributed by atoms with Gasteiger partial charge in [-0.2, -0.15) is 0 Å². The van der Waals surface area contributed by atoms with E-state index in [0.29, 0.717) is 6.54 Å². The molecular weight excluding hydrogens is 324 g/mol. The minimum Gasteiger partial charge on any atom is -0.481 e. The number of carboxylic acids is 1. The number of amides is 2. The van der Waals surface area contributed by atoms with E-state index in [1.807, 2.05) is 24.3 Å². The van der Waals surface area contributed by atoms with Gasteiger partial charge >= 0.3 is 12.0 Å². The van der Waals surface area contributed by atoms with Crippen LogP contribution in [0.5, 0.6) is 0 Å². The predicted molar refractivity (Wildman–Crippen MR) is 78.3 cm³/mol. The van der Waals surface area contributed by atoms with Crippen molar-refractivity contribution in [1.82, 2.24) is 10.6 Å². The molecular formula is C14H17BrN2O3. The summed E-state index contributed by atoms with van der Waals surface area (Å²) in [5, 5.41) is 14.5. The van der Waals surface area contributed by atoms with Crippen LogP contribution in [-0.2, 0) is 11.3 Å². The van der Waals surface area contributed by atoms with Gasteiger partial charge in [-0.25, -0.2) is 4.79 Å². The van der Waals surface area contributed by atoms with Crippen LogP contribution in [0.4, 0.5) is 4.79 Å². The molecule has 0 bridgehead atoms. The summed E-state index contributed by atoms with van der Waals surface area (Å²) >= 11 is 3.42. The minimum absolute atomic E-state index is 0.0184. The van der Waals surface area contributed by atoms with Crippen LogP contribution < -0.4 is 10.6 Å². The molecule has 0 saturated heterocycles. The van der Waals surface area contributed by atoms with Gasteiger partial charge in [-0.3, -0.25) is 4.79 Å². The highest BCUT2D eigenvalue weighted by molar-refractivity contribution is 9.10. The zero-order chi connectivity index (χ0) is 14.6. The van der Waals surface area contributed by atoms with Crippen LogP contribution >= 0.6 is 15.9 Å². The summed E-state index contributed by atoms with van der Waals surface area (Å²) in [6.07, 6.45) is 2.39. The normalized spacial score (nSPS) is 16.1. The Morgan fingerprint density at radius 3 is 2.55 bits per heavy atom. The Kier molecular flexibility index (Phi) is 4.65. The van der Waals surface area contributed by atoms with Crippen molar-refractivity contribution in [2.75, 3.05) is 0 Å². The number of hydrogen-bond donors (Lipinski definition) is 3. The third kappa shape index (κ3) is 3.72. The molecule has 3 N–H and O–H groups in total. The zero-order valence-electron chi connectivity index (χ0n) is 11.0. The van der Waals surface area contributed by atoms with E-state index >= 15 is 0 Å². The maximum Gasteiger partial charge on any atom is 0.315 e. The van der Waals surface area contributed by atoms with Crippen molar-refractivity contribution < 1.29 is 14.7 Å². The van der Waals surface area contributed by atoms with Crippen molar-refractivity contribution in [3.63, 3.8) is 0 Å². The summed E-state index contributed by atoms with van der Waals surface area (Å²) in [4.78, 5) is 22.7. The fourth-order valence-corrected chi connectivity index (χ4v) is 2.77. The topological polar surface area (TPSA) is 78.4 Å². The van der Waals surface area contributed by atoms with E-state index in [1.54, 1.807) is 0 Å². The predicted octanol–water partition coefficient (Wildman–Crippen LogP) is 2.65. The first kappa shape index (κ1) is 14.8. The van der Waals surface area contributed by atoms with E-state index in [-0.39, 0.29) is 12.5 Å². The number of halogens is 1. The van der Waals surface area contributed by atoms with Crippen molar-refractivity contribution in [3.8, 4) is 0 Å². The van der Waals surface area contributed by atoms with Gasteiger partial charge in [0.25, 0.3) is 0 Å². The van der Waals surface area contributed by atoms with Crippen LogP contribution in [0.3, 0.4) is 0 Å². The molecule has 108 valence electrons. The largest absolute Gasteiger partial charge is 0.481 e. The molecule has 6 heteroatoms. The highest BCUT2D eigenvalue weighted by Crippen LogP contribution is 2.34. The van der Waals surface area contributed by atoms with E-state index in [2.05, 4.69) is 26.6 Å². The third-order valence-electron chi connectivity index (χ3n) is 3.58. The van der Waals surface area contributed by atoms with Crippen LogP contribution in [0.1, 0.15) is 31.2 Å². The second-order valence-corrected chi connectivity index (χ2v) is 5.96. The number of aliphatic carboxylic acids is 1. The number of rotatable bonds is 5. The number of urea groups is 1. The summed E-state index contributed by atoms with van der Waals surface area (Å²) in [5.74, 6) is -0.879. The first-order valence-corrected chi connectivity index (χ1v) is 7.31. The van der Waals surface area contributed by atoms with Gasteiger partial charge < -0.3 is 15.7 Å². The number of nitrogens with one attached hydrogen (secondary N) is 2. The number of hydrogen-bond acceptors (Lipinski definition) is 2. The zero-order valence-corrected chi connectivity index (χ0v) is 12.6. The molecule has 0 heterocycles. The van der Waals surface area contributed by atoms with Crippen LogP contribution in [0.2, 0.25) is 0 Å². The van der Waals surface area contributed by atoms with E-state index < -0.39 is 11.5 Å². The van der Waals surface area contributed by atoms with Crippen LogP contribution in [0.25, 0.3) is 0 Å². The molecule has 1 saturated carbocycles. The molecule has 1 fully saturated rings. The standard InChI is InChI=1S/C14H17BrN2O3/c15-11-5-2-1-4-10(11)9-16-13(20)17-14(6-3-7-14)8-12(18)19/h1-2,4-5H,3,6-9H2,(H,18,19)(H2,16,17,20). The quantitative estimate of drug-likeness (QED) is 0.770. The van der Waals surface area contributed by atoms with Crippen LogP contribution in [-0.4, -0.2) is 22.6 Å². The minimum atomic E-state index is -0.879. The summed E-state index contributed by atoms with van der Waals surface area (Å²) in [7, 11) is 0. The van der Waals surface area contributed by atoms with Crippen molar-refractivity contribution in [2.45, 2.75) is 37.8 Å². The molecule has 5 nitrogen and oxygen atoms in total. The molecule has 1 aromatic carbocycles. The van der Waals surface area contributed by atoms with Crippen molar-refractivity contribution >= 4 is 27.9 Å². The van der Waals surface area contributed by atoms with Gasteiger partial charge in [0, 0.05) is 11.0 Å². The molecule has 0 atom stereocenters. The van der Waals surface area contributed by atoms with Gasteiger partial charge in [0.2, 0.25) is 0 Å². The second kappa shape index (κ2) is 6.26. The van der Waals surface area contributed by atoms with Gasteiger partial charge in [-0.15, -0.1) is 0 Å². The molecule has 2 rings (SSSR count). The number of carboxylic acid groups (broad SMARTS) is 1. The fraction of sp³-hybridized carbons (Fsp3) is 0.429. The molecule has 0 aliphatic heterocycles. The molecule has 2 amide bonds. The monoisotopic (exact) mass is 340 g/mol. The van der Waals surface area contributed by atoms with Crippen molar-refractivity contribution in [1.29, 1.82) is 0 Å². The van der Waals surface area contributed by atoms with Crippen LogP contribution in [0.15, 0.2) is 28.7 Å². The lowest BCUT2D eigenvalue weighted by Gasteiger charge is -2.41. The maximum atomic E-state index is 11.9. The SMILES string of the molecule is O=C(O)CC1(NC(=O)NCc2ccccc2Br)CCC1. The molecule has 0 unspecified atom stereocenters. The summed E-state index contributed by atoms with van der Waals surface area (Å²) < 4.78 is 0.934. The molecule has 1 aliphatic carbocycles. The Morgan fingerprint density at radius 1 is 1.30 bits per heavy atom. The Bertz CT molecular complexity index is 515. The number of carbonyl (C=O) groups excluding carboxylic acids is 1. The smallest absolute Gasteiger partial charge is 0.315 e. The van der Waals surface area contributed by atoms with E-state index in [4.69, 9.17) is 5.11 Å². The summed E-state index contributed by atoms with van der Waals surface area (Å²) in [5.41, 5.74) is 0.410. The highest BCUT2D eigenvalue weighted by atomic mass is 79.9. The van der Waals surface area contributed by atoms with E-state index in [1.165, 1.54) is 0 Å². The van der Waals surface area contributed by atoms with E-state index in [0.717, 1.165) is 29.3 Å². The number of benzene rings is 1. The summed E-state index contributed by atoms with van der Waals surface area (Å²) in [6, 6.07) is 7.32. The summed E-state index contributed by atoms with van der Waals surface area (Å²) in [6.45, 7) is 0.399. The van der Waals surface area contributed by atoms with Gasteiger partial charge in [-0.1, -0.05) is 34.1 Å². The first-order chi connectivity index (χ1) is 9.51. The molecule has 0 radical (unpaired) electrons. The Hall–Kier alpha value is -1.56. The first-order valence-electron chi connectivity index (χ1n) is 6.52. The van der Waals surface area contributed by atoms with Gasteiger partial charge in [0.05, 0.1) is 12.0 Å². The number of carbonyl (C=O) groups is 2. The lowest BCUT2D eigenvalue weighted by atomic mass is 9.74.